The van der Waals surface area contributed by atoms with Crippen molar-refractivity contribution in [2.45, 2.75) is 45.8 Å². The number of hydrogen-bond donors (Lipinski definition) is 1. The van der Waals surface area contributed by atoms with Gasteiger partial charge in [0, 0.05) is 0 Å². The van der Waals surface area contributed by atoms with Crippen LogP contribution in [0.25, 0.3) is 0 Å². The Kier molecular flexibility index (Phi) is 5.03. The van der Waals surface area contributed by atoms with Crippen molar-refractivity contribution in [3.8, 4) is 5.75 Å². The van der Waals surface area contributed by atoms with Crippen LogP contribution in [0.15, 0.2) is 48.5 Å². The van der Waals surface area contributed by atoms with Crippen molar-refractivity contribution >= 4 is 0 Å². The molecule has 2 nitrogen and oxygen atoms in total. The van der Waals surface area contributed by atoms with Gasteiger partial charge in [-0.2, -0.15) is 0 Å². The summed E-state index contributed by atoms with van der Waals surface area (Å²) >= 11 is 0. The lowest BCUT2D eigenvalue weighted by atomic mass is 9.88. The molecular formula is C19H24O2. The third-order valence-electron chi connectivity index (χ3n) is 4.12. The summed E-state index contributed by atoms with van der Waals surface area (Å²) in [6.45, 7) is 6.61. The molecule has 2 aromatic carbocycles. The minimum atomic E-state index is -0.733. The first-order chi connectivity index (χ1) is 10.1. The van der Waals surface area contributed by atoms with E-state index >= 15 is 0 Å². The van der Waals surface area contributed by atoms with Crippen LogP contribution in [0, 0.1) is 6.92 Å². The van der Waals surface area contributed by atoms with Gasteiger partial charge in [-0.1, -0.05) is 50.2 Å². The average molecular weight is 284 g/mol. The van der Waals surface area contributed by atoms with Gasteiger partial charge < -0.3 is 9.84 Å². The number of aryl methyl sites for hydroxylation is 1. The summed E-state index contributed by atoms with van der Waals surface area (Å²) in [6.07, 6.45) is 1.43. The largest absolute Gasteiger partial charge is 0.489 e. The van der Waals surface area contributed by atoms with E-state index < -0.39 is 5.60 Å². The highest BCUT2D eigenvalue weighted by Crippen LogP contribution is 2.31. The van der Waals surface area contributed by atoms with Gasteiger partial charge in [-0.3, -0.25) is 0 Å². The van der Waals surface area contributed by atoms with Crippen molar-refractivity contribution < 1.29 is 9.84 Å². The van der Waals surface area contributed by atoms with Crippen LogP contribution in [0.5, 0.6) is 5.75 Å². The van der Waals surface area contributed by atoms with E-state index in [1.807, 2.05) is 57.2 Å². The molecule has 0 atom stereocenters. The van der Waals surface area contributed by atoms with Gasteiger partial charge in [0.15, 0.2) is 0 Å². The molecule has 0 heterocycles. The van der Waals surface area contributed by atoms with Crippen molar-refractivity contribution in [1.29, 1.82) is 0 Å². The Morgan fingerprint density at radius 1 is 1.00 bits per heavy atom. The molecule has 0 radical (unpaired) electrons. The Bertz CT molecular complexity index is 571. The fraction of sp³-hybridized carbons (Fsp3) is 0.368. The molecular weight excluding hydrogens is 260 g/mol. The predicted molar refractivity (Wildman–Crippen MR) is 86.4 cm³/mol. The van der Waals surface area contributed by atoms with Crippen LogP contribution < -0.4 is 4.74 Å². The Morgan fingerprint density at radius 2 is 1.67 bits per heavy atom. The minimum Gasteiger partial charge on any atom is -0.489 e. The summed E-state index contributed by atoms with van der Waals surface area (Å²) in [6, 6.07) is 16.1. The monoisotopic (exact) mass is 284 g/mol. The molecule has 0 saturated heterocycles. The maximum absolute atomic E-state index is 10.6. The van der Waals surface area contributed by atoms with E-state index in [1.54, 1.807) is 0 Å². The van der Waals surface area contributed by atoms with Gasteiger partial charge in [0.25, 0.3) is 0 Å². The van der Waals surface area contributed by atoms with Crippen LogP contribution in [-0.4, -0.2) is 5.11 Å². The second-order valence-electron chi connectivity index (χ2n) is 5.49. The summed E-state index contributed by atoms with van der Waals surface area (Å²) in [5.41, 5.74) is 2.45. The minimum absolute atomic E-state index is 0.562. The molecule has 0 unspecified atom stereocenters. The molecule has 0 amide bonds. The summed E-state index contributed by atoms with van der Waals surface area (Å²) in [7, 11) is 0. The lowest BCUT2D eigenvalue weighted by Gasteiger charge is -2.26. The molecule has 0 aliphatic rings. The lowest BCUT2D eigenvalue weighted by molar-refractivity contribution is 0.0283. The normalized spacial score (nSPS) is 11.4. The Balaban J connectivity index is 2.13. The Hall–Kier alpha value is -1.80. The van der Waals surface area contributed by atoms with Crippen LogP contribution in [0.1, 0.15) is 43.4 Å². The topological polar surface area (TPSA) is 29.5 Å². The number of aliphatic hydroxyl groups is 1. The molecule has 0 spiro atoms. The molecule has 0 aromatic heterocycles. The zero-order valence-corrected chi connectivity index (χ0v) is 13.1. The maximum Gasteiger partial charge on any atom is 0.122 e. The van der Waals surface area contributed by atoms with Gasteiger partial charge in [0.05, 0.1) is 5.60 Å². The molecule has 0 aliphatic carbocycles. The molecule has 1 N–H and O–H groups in total. The number of hydrogen-bond acceptors (Lipinski definition) is 2. The van der Waals surface area contributed by atoms with Crippen LogP contribution in [-0.2, 0) is 12.2 Å². The summed E-state index contributed by atoms with van der Waals surface area (Å²) in [4.78, 5) is 0. The smallest absolute Gasteiger partial charge is 0.122 e. The first-order valence-corrected chi connectivity index (χ1v) is 7.59. The van der Waals surface area contributed by atoms with E-state index in [1.165, 1.54) is 0 Å². The van der Waals surface area contributed by atoms with Crippen molar-refractivity contribution in [1.82, 2.24) is 0 Å². The Labute approximate surface area is 127 Å². The van der Waals surface area contributed by atoms with E-state index in [0.717, 1.165) is 22.4 Å². The molecule has 2 heteroatoms. The van der Waals surface area contributed by atoms with Crippen molar-refractivity contribution in [2.75, 3.05) is 0 Å². The number of benzene rings is 2. The van der Waals surface area contributed by atoms with Crippen LogP contribution in [0.2, 0.25) is 0 Å². The standard InChI is InChI=1S/C19H24O2/c1-4-19(20,5-2)17-11-12-18(15(3)13-17)21-14-16-9-7-6-8-10-16/h6-13,20H,4-5,14H2,1-3H3. The van der Waals surface area contributed by atoms with Crippen molar-refractivity contribution in [2.24, 2.45) is 0 Å². The SMILES string of the molecule is CCC(O)(CC)c1ccc(OCc2ccccc2)c(C)c1. The molecule has 0 aliphatic heterocycles. The summed E-state index contributed by atoms with van der Waals surface area (Å²) in [5, 5.41) is 10.6. The Morgan fingerprint density at radius 3 is 2.24 bits per heavy atom. The highest BCUT2D eigenvalue weighted by atomic mass is 16.5. The van der Waals surface area contributed by atoms with Gasteiger partial charge >= 0.3 is 0 Å². The van der Waals surface area contributed by atoms with Crippen molar-refractivity contribution in [3.05, 3.63) is 65.2 Å². The third kappa shape index (κ3) is 3.64. The second-order valence-corrected chi connectivity index (χ2v) is 5.49. The van der Waals surface area contributed by atoms with Crippen LogP contribution in [0.4, 0.5) is 0 Å². The molecule has 2 rings (SSSR count). The molecule has 0 fully saturated rings. The lowest BCUT2D eigenvalue weighted by Crippen LogP contribution is -2.23. The summed E-state index contributed by atoms with van der Waals surface area (Å²) in [5.74, 6) is 0.872. The van der Waals surface area contributed by atoms with E-state index in [0.29, 0.717) is 19.4 Å². The van der Waals surface area contributed by atoms with E-state index in [2.05, 4.69) is 12.1 Å². The van der Waals surface area contributed by atoms with Crippen LogP contribution in [0.3, 0.4) is 0 Å². The first-order valence-electron chi connectivity index (χ1n) is 7.59. The molecule has 21 heavy (non-hydrogen) atoms. The summed E-state index contributed by atoms with van der Waals surface area (Å²) < 4.78 is 5.88. The molecule has 112 valence electrons. The second kappa shape index (κ2) is 6.77. The number of ether oxygens (including phenoxy) is 1. The molecule has 2 aromatic rings. The predicted octanol–water partition coefficient (Wildman–Crippen LogP) is 4.58. The molecule has 0 saturated carbocycles. The quantitative estimate of drug-likeness (QED) is 0.841. The highest BCUT2D eigenvalue weighted by Gasteiger charge is 2.25. The van der Waals surface area contributed by atoms with Gasteiger partial charge in [0.2, 0.25) is 0 Å². The van der Waals surface area contributed by atoms with Gasteiger partial charge in [-0.25, -0.2) is 0 Å². The van der Waals surface area contributed by atoms with E-state index in [9.17, 15) is 5.11 Å². The maximum atomic E-state index is 10.6. The average Bonchev–Trinajstić information content (AvgIpc) is 2.54. The molecule has 0 bridgehead atoms. The van der Waals surface area contributed by atoms with E-state index in [4.69, 9.17) is 4.74 Å². The van der Waals surface area contributed by atoms with Gasteiger partial charge in [-0.15, -0.1) is 0 Å². The van der Waals surface area contributed by atoms with E-state index in [-0.39, 0.29) is 0 Å². The zero-order chi connectivity index (χ0) is 15.3. The third-order valence-corrected chi connectivity index (χ3v) is 4.12. The van der Waals surface area contributed by atoms with Gasteiger partial charge in [-0.05, 0) is 48.6 Å². The fourth-order valence-corrected chi connectivity index (χ4v) is 2.49. The van der Waals surface area contributed by atoms with Crippen LogP contribution >= 0.6 is 0 Å². The fourth-order valence-electron chi connectivity index (χ4n) is 2.49. The number of rotatable bonds is 6. The first kappa shape index (κ1) is 15.6. The zero-order valence-electron chi connectivity index (χ0n) is 13.1. The highest BCUT2D eigenvalue weighted by molar-refractivity contribution is 5.38. The van der Waals surface area contributed by atoms with Crippen molar-refractivity contribution in [3.63, 3.8) is 0 Å². The van der Waals surface area contributed by atoms with Gasteiger partial charge in [0.1, 0.15) is 12.4 Å².